The number of hydrogen-bond donors (Lipinski definition) is 0. The number of benzene rings is 1. The molecule has 0 amide bonds. The lowest BCUT2D eigenvalue weighted by molar-refractivity contribution is -0.276. The fourth-order valence-electron chi connectivity index (χ4n) is 2.47. The van der Waals surface area contributed by atoms with E-state index in [0.717, 1.165) is 11.3 Å². The van der Waals surface area contributed by atoms with Gasteiger partial charge in [-0.3, -0.25) is 0 Å². The minimum Gasteiger partial charge on any atom is -0.497 e. The summed E-state index contributed by atoms with van der Waals surface area (Å²) in [6.07, 6.45) is -0.574. The van der Waals surface area contributed by atoms with Crippen molar-refractivity contribution in [2.75, 3.05) is 33.5 Å². The number of ether oxygens (including phenoxy) is 5. The molecule has 2 aliphatic heterocycles. The van der Waals surface area contributed by atoms with Crippen LogP contribution in [0, 0.1) is 5.41 Å². The molecule has 0 atom stereocenters. The maximum Gasteiger partial charge on any atom is 0.183 e. The van der Waals surface area contributed by atoms with Crippen molar-refractivity contribution in [1.82, 2.24) is 0 Å². The van der Waals surface area contributed by atoms with Crippen LogP contribution < -0.4 is 4.74 Å². The zero-order valence-electron chi connectivity index (χ0n) is 11.8. The van der Waals surface area contributed by atoms with Crippen molar-refractivity contribution in [2.45, 2.75) is 19.5 Å². The van der Waals surface area contributed by atoms with Crippen LogP contribution >= 0.6 is 0 Å². The van der Waals surface area contributed by atoms with Gasteiger partial charge in [-0.2, -0.15) is 0 Å². The lowest BCUT2D eigenvalue weighted by Gasteiger charge is -2.39. The molecule has 0 bridgehead atoms. The Balaban J connectivity index is 1.62. The van der Waals surface area contributed by atoms with Gasteiger partial charge in [-0.15, -0.1) is 0 Å². The van der Waals surface area contributed by atoms with Crippen molar-refractivity contribution >= 4 is 0 Å². The molecule has 1 aromatic carbocycles. The van der Waals surface area contributed by atoms with Crippen molar-refractivity contribution in [1.29, 1.82) is 0 Å². The molecule has 2 aliphatic rings. The van der Waals surface area contributed by atoms with Crippen LogP contribution in [0.25, 0.3) is 0 Å². The molecule has 2 saturated heterocycles. The summed E-state index contributed by atoms with van der Waals surface area (Å²) in [5.41, 5.74) is 0.737. The van der Waals surface area contributed by atoms with Gasteiger partial charge in [0.2, 0.25) is 0 Å². The molecule has 2 fully saturated rings. The number of methoxy groups -OCH3 is 1. The Morgan fingerprint density at radius 2 is 1.60 bits per heavy atom. The fourth-order valence-corrected chi connectivity index (χ4v) is 2.47. The molecule has 5 nitrogen and oxygen atoms in total. The van der Waals surface area contributed by atoms with E-state index in [9.17, 15) is 0 Å². The van der Waals surface area contributed by atoms with Crippen molar-refractivity contribution in [3.8, 4) is 5.75 Å². The third kappa shape index (κ3) is 2.67. The van der Waals surface area contributed by atoms with E-state index in [2.05, 4.69) is 6.92 Å². The van der Waals surface area contributed by atoms with Crippen molar-refractivity contribution in [3.63, 3.8) is 0 Å². The van der Waals surface area contributed by atoms with Crippen LogP contribution in [0.15, 0.2) is 24.3 Å². The number of hydrogen-bond acceptors (Lipinski definition) is 5. The molecule has 0 saturated carbocycles. The van der Waals surface area contributed by atoms with Crippen LogP contribution in [-0.4, -0.2) is 39.8 Å². The van der Waals surface area contributed by atoms with Gasteiger partial charge in [0.05, 0.1) is 39.0 Å². The van der Waals surface area contributed by atoms with Crippen LogP contribution in [0.3, 0.4) is 0 Å². The monoisotopic (exact) mass is 280 g/mol. The van der Waals surface area contributed by atoms with E-state index < -0.39 is 0 Å². The molecule has 0 unspecified atom stereocenters. The van der Waals surface area contributed by atoms with Crippen LogP contribution in [0.1, 0.15) is 18.8 Å². The topological polar surface area (TPSA) is 46.2 Å². The summed E-state index contributed by atoms with van der Waals surface area (Å²) in [5.74, 6) is 0.821. The smallest absolute Gasteiger partial charge is 0.183 e. The predicted octanol–water partition coefficient (Wildman–Crippen LogP) is 2.12. The summed E-state index contributed by atoms with van der Waals surface area (Å²) in [5, 5.41) is 0. The molecule has 2 heterocycles. The lowest BCUT2D eigenvalue weighted by Crippen LogP contribution is -2.45. The van der Waals surface area contributed by atoms with Gasteiger partial charge in [0.25, 0.3) is 0 Å². The van der Waals surface area contributed by atoms with E-state index in [-0.39, 0.29) is 18.0 Å². The Labute approximate surface area is 118 Å². The first-order valence-corrected chi connectivity index (χ1v) is 6.82. The summed E-state index contributed by atoms with van der Waals surface area (Å²) in [7, 11) is 1.65. The van der Waals surface area contributed by atoms with Gasteiger partial charge in [-0.1, -0.05) is 19.1 Å². The maximum absolute atomic E-state index is 5.84. The molecule has 0 aromatic heterocycles. The summed E-state index contributed by atoms with van der Waals surface area (Å²) in [6.45, 7) is 4.44. The highest BCUT2D eigenvalue weighted by Gasteiger charge is 2.43. The normalized spacial score (nSPS) is 31.4. The molecule has 3 rings (SSSR count). The average molecular weight is 280 g/mol. The third-order valence-electron chi connectivity index (χ3n) is 3.71. The van der Waals surface area contributed by atoms with Crippen LogP contribution in [0.2, 0.25) is 0 Å². The summed E-state index contributed by atoms with van der Waals surface area (Å²) < 4.78 is 28.0. The fraction of sp³-hybridized carbons (Fsp3) is 0.600. The quantitative estimate of drug-likeness (QED) is 0.848. The van der Waals surface area contributed by atoms with Crippen molar-refractivity contribution in [3.05, 3.63) is 29.8 Å². The van der Waals surface area contributed by atoms with E-state index in [1.54, 1.807) is 7.11 Å². The van der Waals surface area contributed by atoms with Crippen LogP contribution in [-0.2, 0) is 18.9 Å². The first-order valence-electron chi connectivity index (χ1n) is 6.82. The van der Waals surface area contributed by atoms with Gasteiger partial charge in [0.15, 0.2) is 12.6 Å². The minimum atomic E-state index is -0.338. The SMILES string of the molecule is COc1ccc(C2OCC(C)(C3OCCO3)CO2)cc1. The summed E-state index contributed by atoms with van der Waals surface area (Å²) in [6, 6.07) is 7.71. The second kappa shape index (κ2) is 5.69. The standard InChI is InChI=1S/C15H20O5/c1-15(14-17-7-8-18-14)9-19-13(20-10-15)11-3-5-12(16-2)6-4-11/h3-6,13-14H,7-10H2,1-2H3. The zero-order valence-corrected chi connectivity index (χ0v) is 11.8. The van der Waals surface area contributed by atoms with Gasteiger partial charge < -0.3 is 23.7 Å². The average Bonchev–Trinajstić information content (AvgIpc) is 3.03. The maximum atomic E-state index is 5.84. The largest absolute Gasteiger partial charge is 0.497 e. The Hall–Kier alpha value is -1.14. The van der Waals surface area contributed by atoms with Gasteiger partial charge in [0.1, 0.15) is 5.75 Å². The first-order chi connectivity index (χ1) is 9.71. The van der Waals surface area contributed by atoms with Gasteiger partial charge in [-0.25, -0.2) is 0 Å². The Morgan fingerprint density at radius 1 is 1.00 bits per heavy atom. The van der Waals surface area contributed by atoms with Crippen molar-refractivity contribution < 1.29 is 23.7 Å². The highest BCUT2D eigenvalue weighted by molar-refractivity contribution is 5.27. The number of rotatable bonds is 3. The Morgan fingerprint density at radius 3 is 2.15 bits per heavy atom. The zero-order chi connectivity index (χ0) is 14.0. The van der Waals surface area contributed by atoms with Crippen LogP contribution in [0.5, 0.6) is 5.75 Å². The molecule has 0 aliphatic carbocycles. The predicted molar refractivity (Wildman–Crippen MR) is 71.4 cm³/mol. The highest BCUT2D eigenvalue weighted by Crippen LogP contribution is 2.37. The lowest BCUT2D eigenvalue weighted by atomic mass is 9.91. The Kier molecular flexibility index (Phi) is 3.94. The van der Waals surface area contributed by atoms with Crippen molar-refractivity contribution in [2.24, 2.45) is 5.41 Å². The molecule has 1 aromatic rings. The highest BCUT2D eigenvalue weighted by atomic mass is 16.7. The molecule has 0 radical (unpaired) electrons. The van der Waals surface area contributed by atoms with E-state index in [1.165, 1.54) is 0 Å². The summed E-state index contributed by atoms with van der Waals surface area (Å²) in [4.78, 5) is 0. The third-order valence-corrected chi connectivity index (χ3v) is 3.71. The van der Waals surface area contributed by atoms with Gasteiger partial charge >= 0.3 is 0 Å². The molecule has 0 spiro atoms. The molecule has 20 heavy (non-hydrogen) atoms. The van der Waals surface area contributed by atoms with Gasteiger partial charge in [0, 0.05) is 5.56 Å². The second-order valence-corrected chi connectivity index (χ2v) is 5.45. The minimum absolute atomic E-state index is 0.237. The van der Waals surface area contributed by atoms with Gasteiger partial charge in [-0.05, 0) is 12.1 Å². The first kappa shape index (κ1) is 13.8. The van der Waals surface area contributed by atoms with E-state index >= 15 is 0 Å². The van der Waals surface area contributed by atoms with E-state index in [4.69, 9.17) is 23.7 Å². The molecular formula is C15H20O5. The molecule has 0 N–H and O–H groups in total. The Bertz CT molecular complexity index is 430. The molecule has 5 heteroatoms. The second-order valence-electron chi connectivity index (χ2n) is 5.45. The molecule has 110 valence electrons. The van der Waals surface area contributed by atoms with E-state index in [0.29, 0.717) is 26.4 Å². The molecular weight excluding hydrogens is 260 g/mol. The van der Waals surface area contributed by atoms with E-state index in [1.807, 2.05) is 24.3 Å². The van der Waals surface area contributed by atoms with Crippen LogP contribution in [0.4, 0.5) is 0 Å². The summed E-state index contributed by atoms with van der Waals surface area (Å²) >= 11 is 0.